The summed E-state index contributed by atoms with van der Waals surface area (Å²) < 4.78 is 0. The minimum atomic E-state index is -0.679. The van der Waals surface area contributed by atoms with E-state index in [-0.39, 0.29) is 6.04 Å². The molecule has 1 aliphatic heterocycles. The van der Waals surface area contributed by atoms with Gasteiger partial charge in [0, 0.05) is 0 Å². The normalized spacial score (nSPS) is 26.1. The highest BCUT2D eigenvalue weighted by Crippen LogP contribution is 2.23. The van der Waals surface area contributed by atoms with Crippen molar-refractivity contribution in [3.05, 3.63) is 0 Å². The summed E-state index contributed by atoms with van der Waals surface area (Å²) in [6.45, 7) is 5.33. The standard InChI is InChI=1S/C12H23NO2/c1-9(2)5-3-4-6-10-7-8-13-11(10)12(14)15/h9-11,13H,3-8H2,1-2H3,(H,14,15). The van der Waals surface area contributed by atoms with Crippen molar-refractivity contribution >= 4 is 5.97 Å². The quantitative estimate of drug-likeness (QED) is 0.665. The first-order valence-corrected chi connectivity index (χ1v) is 6.07. The van der Waals surface area contributed by atoms with Crippen molar-refractivity contribution in [3.8, 4) is 0 Å². The van der Waals surface area contributed by atoms with Crippen molar-refractivity contribution in [1.82, 2.24) is 5.32 Å². The second-order valence-corrected chi connectivity index (χ2v) is 5.00. The Kier molecular flexibility index (Phi) is 5.09. The highest BCUT2D eigenvalue weighted by atomic mass is 16.4. The minimum absolute atomic E-state index is 0.288. The van der Waals surface area contributed by atoms with Crippen LogP contribution in [-0.4, -0.2) is 23.7 Å². The second-order valence-electron chi connectivity index (χ2n) is 5.00. The zero-order chi connectivity index (χ0) is 11.3. The molecule has 2 N–H and O–H groups in total. The topological polar surface area (TPSA) is 49.3 Å². The van der Waals surface area contributed by atoms with E-state index in [2.05, 4.69) is 19.2 Å². The molecule has 0 bridgehead atoms. The molecule has 2 unspecified atom stereocenters. The van der Waals surface area contributed by atoms with Crippen LogP contribution in [0.5, 0.6) is 0 Å². The van der Waals surface area contributed by atoms with E-state index in [0.29, 0.717) is 5.92 Å². The Bertz CT molecular complexity index is 204. The van der Waals surface area contributed by atoms with E-state index < -0.39 is 5.97 Å². The van der Waals surface area contributed by atoms with Gasteiger partial charge in [-0.05, 0) is 31.2 Å². The van der Waals surface area contributed by atoms with E-state index in [1.165, 1.54) is 19.3 Å². The predicted octanol–water partition coefficient (Wildman–Crippen LogP) is 2.27. The fourth-order valence-electron chi connectivity index (χ4n) is 2.32. The first kappa shape index (κ1) is 12.5. The van der Waals surface area contributed by atoms with E-state index >= 15 is 0 Å². The van der Waals surface area contributed by atoms with Gasteiger partial charge in [0.2, 0.25) is 0 Å². The molecule has 0 spiro atoms. The minimum Gasteiger partial charge on any atom is -0.480 e. The Balaban J connectivity index is 2.17. The number of aliphatic carboxylic acids is 1. The third-order valence-corrected chi connectivity index (χ3v) is 3.22. The van der Waals surface area contributed by atoms with Crippen LogP contribution in [0.3, 0.4) is 0 Å². The molecular weight excluding hydrogens is 190 g/mol. The molecule has 3 nitrogen and oxygen atoms in total. The van der Waals surface area contributed by atoms with E-state index in [0.717, 1.165) is 25.3 Å². The van der Waals surface area contributed by atoms with Crippen LogP contribution in [0.2, 0.25) is 0 Å². The Morgan fingerprint density at radius 3 is 2.80 bits per heavy atom. The van der Waals surface area contributed by atoms with Crippen molar-refractivity contribution in [3.63, 3.8) is 0 Å². The molecule has 1 aliphatic rings. The first-order valence-electron chi connectivity index (χ1n) is 6.07. The smallest absolute Gasteiger partial charge is 0.320 e. The van der Waals surface area contributed by atoms with Gasteiger partial charge >= 0.3 is 5.97 Å². The molecule has 0 amide bonds. The molecular formula is C12H23NO2. The van der Waals surface area contributed by atoms with Crippen LogP contribution in [-0.2, 0) is 4.79 Å². The summed E-state index contributed by atoms with van der Waals surface area (Å²) in [7, 11) is 0. The zero-order valence-corrected chi connectivity index (χ0v) is 9.83. The van der Waals surface area contributed by atoms with Crippen LogP contribution in [0.4, 0.5) is 0 Å². The molecule has 0 aromatic rings. The third kappa shape index (κ3) is 4.20. The molecule has 0 aromatic carbocycles. The maximum atomic E-state index is 10.9. The summed E-state index contributed by atoms with van der Waals surface area (Å²) in [5.41, 5.74) is 0. The molecule has 3 heteroatoms. The van der Waals surface area contributed by atoms with Gasteiger partial charge in [0.15, 0.2) is 0 Å². The number of hydrogen-bond acceptors (Lipinski definition) is 2. The van der Waals surface area contributed by atoms with Crippen molar-refractivity contribution in [2.75, 3.05) is 6.54 Å². The molecule has 15 heavy (non-hydrogen) atoms. The van der Waals surface area contributed by atoms with Crippen LogP contribution >= 0.6 is 0 Å². The number of carboxylic acids is 1. The van der Waals surface area contributed by atoms with Crippen LogP contribution < -0.4 is 5.32 Å². The molecule has 2 atom stereocenters. The van der Waals surface area contributed by atoms with Gasteiger partial charge in [0.1, 0.15) is 6.04 Å². The number of unbranched alkanes of at least 4 members (excludes halogenated alkanes) is 1. The van der Waals surface area contributed by atoms with Gasteiger partial charge in [-0.3, -0.25) is 4.79 Å². The average Bonchev–Trinajstić information content (AvgIpc) is 2.60. The zero-order valence-electron chi connectivity index (χ0n) is 9.83. The SMILES string of the molecule is CC(C)CCCCC1CCNC1C(=O)O. The number of carbonyl (C=O) groups is 1. The van der Waals surface area contributed by atoms with E-state index in [9.17, 15) is 4.79 Å². The Morgan fingerprint density at radius 1 is 1.47 bits per heavy atom. The fourth-order valence-corrected chi connectivity index (χ4v) is 2.32. The van der Waals surface area contributed by atoms with Crippen LogP contribution in [0, 0.1) is 11.8 Å². The summed E-state index contributed by atoms with van der Waals surface area (Å²) in [5.74, 6) is 0.443. The van der Waals surface area contributed by atoms with Crippen LogP contribution in [0.25, 0.3) is 0 Å². The Morgan fingerprint density at radius 2 is 2.20 bits per heavy atom. The number of hydrogen-bond donors (Lipinski definition) is 2. The summed E-state index contributed by atoms with van der Waals surface area (Å²) in [5, 5.41) is 12.0. The Labute approximate surface area is 92.3 Å². The van der Waals surface area contributed by atoms with Crippen molar-refractivity contribution in [2.45, 2.75) is 52.0 Å². The van der Waals surface area contributed by atoms with Crippen molar-refractivity contribution in [1.29, 1.82) is 0 Å². The molecule has 1 saturated heterocycles. The van der Waals surface area contributed by atoms with Gasteiger partial charge in [0.25, 0.3) is 0 Å². The molecule has 1 rings (SSSR count). The summed E-state index contributed by atoms with van der Waals surface area (Å²) in [6, 6.07) is -0.288. The highest BCUT2D eigenvalue weighted by molar-refractivity contribution is 5.74. The Hall–Kier alpha value is -0.570. The average molecular weight is 213 g/mol. The second kappa shape index (κ2) is 6.11. The van der Waals surface area contributed by atoms with E-state index in [1.807, 2.05) is 0 Å². The predicted molar refractivity (Wildman–Crippen MR) is 60.8 cm³/mol. The van der Waals surface area contributed by atoms with E-state index in [1.54, 1.807) is 0 Å². The lowest BCUT2D eigenvalue weighted by atomic mass is 9.93. The molecule has 1 fully saturated rings. The van der Waals surface area contributed by atoms with Gasteiger partial charge in [0.05, 0.1) is 0 Å². The van der Waals surface area contributed by atoms with Crippen molar-refractivity contribution in [2.24, 2.45) is 11.8 Å². The van der Waals surface area contributed by atoms with Gasteiger partial charge in [-0.1, -0.05) is 33.1 Å². The van der Waals surface area contributed by atoms with Gasteiger partial charge < -0.3 is 10.4 Å². The van der Waals surface area contributed by atoms with Crippen LogP contribution in [0.15, 0.2) is 0 Å². The van der Waals surface area contributed by atoms with Crippen LogP contribution in [0.1, 0.15) is 46.0 Å². The first-order chi connectivity index (χ1) is 7.11. The van der Waals surface area contributed by atoms with Gasteiger partial charge in [-0.2, -0.15) is 0 Å². The van der Waals surface area contributed by atoms with Crippen molar-refractivity contribution < 1.29 is 9.90 Å². The monoisotopic (exact) mass is 213 g/mol. The van der Waals surface area contributed by atoms with Gasteiger partial charge in [-0.25, -0.2) is 0 Å². The molecule has 1 heterocycles. The lowest BCUT2D eigenvalue weighted by Crippen LogP contribution is -2.35. The number of rotatable bonds is 6. The molecule has 0 radical (unpaired) electrons. The summed E-state index contributed by atoms with van der Waals surface area (Å²) in [6.07, 6.45) is 5.77. The number of nitrogens with one attached hydrogen (secondary N) is 1. The maximum absolute atomic E-state index is 10.9. The molecule has 88 valence electrons. The lowest BCUT2D eigenvalue weighted by Gasteiger charge is -2.15. The number of carboxylic acid groups (broad SMARTS) is 1. The molecule has 0 saturated carbocycles. The van der Waals surface area contributed by atoms with Gasteiger partial charge in [-0.15, -0.1) is 0 Å². The molecule has 0 aliphatic carbocycles. The maximum Gasteiger partial charge on any atom is 0.320 e. The third-order valence-electron chi connectivity index (χ3n) is 3.22. The van der Waals surface area contributed by atoms with E-state index in [4.69, 9.17) is 5.11 Å². The summed E-state index contributed by atoms with van der Waals surface area (Å²) in [4.78, 5) is 10.9. The molecule has 0 aromatic heterocycles. The highest BCUT2D eigenvalue weighted by Gasteiger charge is 2.31. The largest absolute Gasteiger partial charge is 0.480 e. The summed E-state index contributed by atoms with van der Waals surface area (Å²) >= 11 is 0. The lowest BCUT2D eigenvalue weighted by molar-refractivity contribution is -0.140. The fraction of sp³-hybridized carbons (Fsp3) is 0.917.